The fourth-order valence-electron chi connectivity index (χ4n) is 2.58. The van der Waals surface area contributed by atoms with E-state index >= 15 is 0 Å². The van der Waals surface area contributed by atoms with Crippen molar-refractivity contribution in [2.45, 2.75) is 18.3 Å². The Balaban J connectivity index is 1.87. The lowest BCUT2D eigenvalue weighted by Crippen LogP contribution is -2.28. The van der Waals surface area contributed by atoms with Gasteiger partial charge < -0.3 is 10.1 Å². The SMILES string of the molecule is COc1ccc(Cl)cc1NC(=O)C1(c2cccc(Cl)c2)CC1. The van der Waals surface area contributed by atoms with Gasteiger partial charge in [-0.15, -0.1) is 0 Å². The number of hydrogen-bond acceptors (Lipinski definition) is 2. The van der Waals surface area contributed by atoms with Crippen LogP contribution in [0.1, 0.15) is 18.4 Å². The summed E-state index contributed by atoms with van der Waals surface area (Å²) in [6.07, 6.45) is 1.62. The average molecular weight is 336 g/mol. The number of methoxy groups -OCH3 is 1. The molecule has 1 amide bonds. The summed E-state index contributed by atoms with van der Waals surface area (Å²) in [5.74, 6) is 0.523. The topological polar surface area (TPSA) is 38.3 Å². The van der Waals surface area contributed by atoms with E-state index in [1.165, 1.54) is 0 Å². The van der Waals surface area contributed by atoms with Crippen LogP contribution in [0, 0.1) is 0 Å². The van der Waals surface area contributed by atoms with E-state index in [0.717, 1.165) is 18.4 Å². The molecule has 0 aliphatic heterocycles. The summed E-state index contributed by atoms with van der Waals surface area (Å²) in [7, 11) is 1.56. The van der Waals surface area contributed by atoms with Crippen LogP contribution in [0.2, 0.25) is 10.0 Å². The molecule has 0 unspecified atom stereocenters. The normalized spacial score (nSPS) is 15.2. The first kappa shape index (κ1) is 15.2. The van der Waals surface area contributed by atoms with Gasteiger partial charge >= 0.3 is 0 Å². The van der Waals surface area contributed by atoms with Crippen LogP contribution in [0.15, 0.2) is 42.5 Å². The Hall–Kier alpha value is -1.71. The van der Waals surface area contributed by atoms with Gasteiger partial charge in [0, 0.05) is 10.0 Å². The Kier molecular flexibility index (Phi) is 4.02. The molecule has 0 spiro atoms. The average Bonchev–Trinajstić information content (AvgIpc) is 3.29. The number of benzene rings is 2. The molecule has 2 aromatic rings. The summed E-state index contributed by atoms with van der Waals surface area (Å²) < 4.78 is 5.26. The maximum Gasteiger partial charge on any atom is 0.235 e. The van der Waals surface area contributed by atoms with E-state index in [1.807, 2.05) is 18.2 Å². The van der Waals surface area contributed by atoms with Crippen molar-refractivity contribution in [3.8, 4) is 5.75 Å². The van der Waals surface area contributed by atoms with Crippen LogP contribution in [0.4, 0.5) is 5.69 Å². The van der Waals surface area contributed by atoms with Crippen LogP contribution in [-0.2, 0) is 10.2 Å². The van der Waals surface area contributed by atoms with Crippen molar-refractivity contribution in [3.63, 3.8) is 0 Å². The Bertz CT molecular complexity index is 726. The zero-order chi connectivity index (χ0) is 15.7. The van der Waals surface area contributed by atoms with E-state index in [4.69, 9.17) is 27.9 Å². The molecule has 3 rings (SSSR count). The monoisotopic (exact) mass is 335 g/mol. The van der Waals surface area contributed by atoms with Crippen LogP contribution in [0.3, 0.4) is 0 Å². The molecule has 1 aliphatic rings. The number of carbonyl (C=O) groups excluding carboxylic acids is 1. The van der Waals surface area contributed by atoms with Crippen LogP contribution >= 0.6 is 23.2 Å². The molecule has 0 bridgehead atoms. The molecule has 0 heterocycles. The van der Waals surface area contributed by atoms with Gasteiger partial charge in [-0.3, -0.25) is 4.79 Å². The van der Waals surface area contributed by atoms with Crippen molar-refractivity contribution in [2.75, 3.05) is 12.4 Å². The van der Waals surface area contributed by atoms with Crippen molar-refractivity contribution >= 4 is 34.8 Å². The standard InChI is InChI=1S/C17H15Cl2NO2/c1-22-15-6-5-13(19)10-14(15)20-16(21)17(7-8-17)11-3-2-4-12(18)9-11/h2-6,9-10H,7-8H2,1H3,(H,20,21). The number of anilines is 1. The third kappa shape index (κ3) is 2.79. The number of hydrogen-bond donors (Lipinski definition) is 1. The molecular formula is C17H15Cl2NO2. The molecule has 1 fully saturated rings. The van der Waals surface area contributed by atoms with Crippen molar-refractivity contribution in [1.29, 1.82) is 0 Å². The third-order valence-electron chi connectivity index (χ3n) is 3.97. The van der Waals surface area contributed by atoms with Gasteiger partial charge in [-0.25, -0.2) is 0 Å². The molecule has 5 heteroatoms. The molecular weight excluding hydrogens is 321 g/mol. The van der Waals surface area contributed by atoms with E-state index in [0.29, 0.717) is 21.5 Å². The lowest BCUT2D eigenvalue weighted by Gasteiger charge is -2.17. The number of carbonyl (C=O) groups is 1. The number of nitrogens with one attached hydrogen (secondary N) is 1. The van der Waals surface area contributed by atoms with E-state index in [9.17, 15) is 4.79 Å². The highest BCUT2D eigenvalue weighted by Gasteiger charge is 2.51. The maximum atomic E-state index is 12.7. The van der Waals surface area contributed by atoms with Crippen LogP contribution in [0.5, 0.6) is 5.75 Å². The Morgan fingerprint density at radius 1 is 1.14 bits per heavy atom. The predicted molar refractivity (Wildman–Crippen MR) is 89.0 cm³/mol. The minimum Gasteiger partial charge on any atom is -0.495 e. The first-order valence-corrected chi connectivity index (χ1v) is 7.72. The van der Waals surface area contributed by atoms with Crippen LogP contribution in [0.25, 0.3) is 0 Å². The fourth-order valence-corrected chi connectivity index (χ4v) is 2.94. The first-order chi connectivity index (χ1) is 10.5. The molecule has 0 aromatic heterocycles. The largest absolute Gasteiger partial charge is 0.495 e. The lowest BCUT2D eigenvalue weighted by atomic mass is 9.95. The highest BCUT2D eigenvalue weighted by molar-refractivity contribution is 6.31. The van der Waals surface area contributed by atoms with Gasteiger partial charge in [0.15, 0.2) is 0 Å². The second kappa shape index (κ2) is 5.82. The van der Waals surface area contributed by atoms with Crippen molar-refractivity contribution in [2.24, 2.45) is 0 Å². The van der Waals surface area contributed by atoms with Gasteiger partial charge in [0.2, 0.25) is 5.91 Å². The van der Waals surface area contributed by atoms with Gasteiger partial charge in [-0.2, -0.15) is 0 Å². The van der Waals surface area contributed by atoms with Gasteiger partial charge in [0.1, 0.15) is 5.75 Å². The Morgan fingerprint density at radius 3 is 2.50 bits per heavy atom. The molecule has 1 aliphatic carbocycles. The number of amides is 1. The molecule has 1 N–H and O–H groups in total. The highest BCUT2D eigenvalue weighted by atomic mass is 35.5. The van der Waals surface area contributed by atoms with Gasteiger partial charge in [-0.1, -0.05) is 35.3 Å². The summed E-state index contributed by atoms with van der Waals surface area (Å²) >= 11 is 12.0. The minimum absolute atomic E-state index is 0.0599. The van der Waals surface area contributed by atoms with Crippen molar-refractivity contribution in [3.05, 3.63) is 58.1 Å². The number of halogens is 2. The smallest absolute Gasteiger partial charge is 0.235 e. The van der Waals surface area contributed by atoms with Crippen LogP contribution in [-0.4, -0.2) is 13.0 Å². The van der Waals surface area contributed by atoms with Gasteiger partial charge in [-0.05, 0) is 48.7 Å². The number of ether oxygens (including phenoxy) is 1. The second-order valence-electron chi connectivity index (χ2n) is 5.39. The lowest BCUT2D eigenvalue weighted by molar-refractivity contribution is -0.118. The predicted octanol–water partition coefficient (Wildman–Crippen LogP) is 4.67. The summed E-state index contributed by atoms with van der Waals surface area (Å²) in [5.41, 5.74) is 1.02. The summed E-state index contributed by atoms with van der Waals surface area (Å²) in [6, 6.07) is 12.6. The number of rotatable bonds is 4. The zero-order valence-electron chi connectivity index (χ0n) is 12.0. The second-order valence-corrected chi connectivity index (χ2v) is 6.26. The quantitative estimate of drug-likeness (QED) is 0.881. The summed E-state index contributed by atoms with van der Waals surface area (Å²) in [5, 5.41) is 4.11. The minimum atomic E-state index is -0.502. The third-order valence-corrected chi connectivity index (χ3v) is 4.44. The van der Waals surface area contributed by atoms with E-state index in [-0.39, 0.29) is 5.91 Å². The Labute approximate surface area is 139 Å². The molecule has 3 nitrogen and oxygen atoms in total. The molecule has 114 valence electrons. The van der Waals surface area contributed by atoms with Crippen molar-refractivity contribution in [1.82, 2.24) is 0 Å². The molecule has 1 saturated carbocycles. The van der Waals surface area contributed by atoms with Gasteiger partial charge in [0.25, 0.3) is 0 Å². The Morgan fingerprint density at radius 2 is 1.86 bits per heavy atom. The van der Waals surface area contributed by atoms with E-state index < -0.39 is 5.41 Å². The summed E-state index contributed by atoms with van der Waals surface area (Å²) in [6.45, 7) is 0. The molecule has 22 heavy (non-hydrogen) atoms. The van der Waals surface area contributed by atoms with E-state index in [2.05, 4.69) is 5.32 Å². The first-order valence-electron chi connectivity index (χ1n) is 6.96. The van der Waals surface area contributed by atoms with Crippen molar-refractivity contribution < 1.29 is 9.53 Å². The van der Waals surface area contributed by atoms with Crippen LogP contribution < -0.4 is 10.1 Å². The van der Waals surface area contributed by atoms with E-state index in [1.54, 1.807) is 31.4 Å². The molecule has 0 radical (unpaired) electrons. The highest BCUT2D eigenvalue weighted by Crippen LogP contribution is 2.49. The summed E-state index contributed by atoms with van der Waals surface area (Å²) in [4.78, 5) is 12.7. The molecule has 2 aromatic carbocycles. The zero-order valence-corrected chi connectivity index (χ0v) is 13.5. The molecule has 0 atom stereocenters. The van der Waals surface area contributed by atoms with Gasteiger partial charge in [0.05, 0.1) is 18.2 Å². The fraction of sp³-hybridized carbons (Fsp3) is 0.235. The maximum absolute atomic E-state index is 12.7. The molecule has 0 saturated heterocycles.